The average Bonchev–Trinajstić information content (AvgIpc) is 2.30. The summed E-state index contributed by atoms with van der Waals surface area (Å²) in [5.74, 6) is -0.498. The lowest BCUT2D eigenvalue weighted by Crippen LogP contribution is -2.17. The first-order chi connectivity index (χ1) is 8.24. The third kappa shape index (κ3) is 5.37. The number of hydrogen-bond donors (Lipinski definition) is 0. The van der Waals surface area contributed by atoms with Gasteiger partial charge in [0, 0.05) is 0 Å². The summed E-state index contributed by atoms with van der Waals surface area (Å²) in [6.07, 6.45) is -4.80. The molecule has 0 saturated heterocycles. The zero-order valence-corrected chi connectivity index (χ0v) is 10.8. The molecule has 0 fully saturated rings. The molecular formula is C10H13F3O4S. The number of hydrogen-bond acceptors (Lipinski definition) is 4. The maximum atomic E-state index is 11.8. The molecule has 8 heteroatoms. The van der Waals surface area contributed by atoms with Gasteiger partial charge < -0.3 is 4.74 Å². The van der Waals surface area contributed by atoms with Crippen molar-refractivity contribution in [3.8, 4) is 5.75 Å². The lowest BCUT2D eigenvalue weighted by atomic mass is 10.3. The standard InChI is InChI=1S/C8H7F3O4S.C2H6/c1-14-16(12,13)7-4-2-6(3-5-7)15-8(9,10)11;1-2/h2-5H,1H3;1-2H3. The van der Waals surface area contributed by atoms with E-state index in [2.05, 4.69) is 8.92 Å². The van der Waals surface area contributed by atoms with Gasteiger partial charge in [0.25, 0.3) is 10.1 Å². The predicted octanol–water partition coefficient (Wildman–Crippen LogP) is 2.95. The lowest BCUT2D eigenvalue weighted by molar-refractivity contribution is -0.274. The Kier molecular flexibility index (Phi) is 6.13. The number of ether oxygens (including phenoxy) is 1. The SMILES string of the molecule is CC.COS(=O)(=O)c1ccc(OC(F)(F)F)cc1. The van der Waals surface area contributed by atoms with Crippen LogP contribution in [0.25, 0.3) is 0 Å². The summed E-state index contributed by atoms with van der Waals surface area (Å²) in [7, 11) is -2.94. The molecule has 0 aliphatic carbocycles. The van der Waals surface area contributed by atoms with E-state index in [4.69, 9.17) is 0 Å². The van der Waals surface area contributed by atoms with Gasteiger partial charge in [-0.3, -0.25) is 4.18 Å². The van der Waals surface area contributed by atoms with E-state index in [9.17, 15) is 21.6 Å². The van der Waals surface area contributed by atoms with Crippen LogP contribution in [0.3, 0.4) is 0 Å². The monoisotopic (exact) mass is 286 g/mol. The summed E-state index contributed by atoms with van der Waals surface area (Å²) in [4.78, 5) is -0.246. The molecule has 18 heavy (non-hydrogen) atoms. The van der Waals surface area contributed by atoms with Crippen molar-refractivity contribution in [2.45, 2.75) is 25.1 Å². The molecule has 0 atom stereocenters. The highest BCUT2D eigenvalue weighted by molar-refractivity contribution is 7.86. The van der Waals surface area contributed by atoms with Crippen molar-refractivity contribution < 1.29 is 30.5 Å². The molecule has 0 N–H and O–H groups in total. The predicted molar refractivity (Wildman–Crippen MR) is 58.7 cm³/mol. The van der Waals surface area contributed by atoms with Gasteiger partial charge in [0.2, 0.25) is 0 Å². The number of halogens is 3. The third-order valence-corrected chi connectivity index (χ3v) is 2.85. The molecule has 0 saturated carbocycles. The van der Waals surface area contributed by atoms with Crippen LogP contribution in [0.2, 0.25) is 0 Å². The second-order valence-corrected chi connectivity index (χ2v) is 4.35. The van der Waals surface area contributed by atoms with Crippen LogP contribution in [-0.2, 0) is 14.3 Å². The molecular weight excluding hydrogens is 273 g/mol. The quantitative estimate of drug-likeness (QED) is 0.802. The minimum Gasteiger partial charge on any atom is -0.406 e. The molecule has 1 aromatic carbocycles. The van der Waals surface area contributed by atoms with Gasteiger partial charge in [-0.15, -0.1) is 13.2 Å². The van der Waals surface area contributed by atoms with Gasteiger partial charge in [0.1, 0.15) is 5.75 Å². The maximum Gasteiger partial charge on any atom is 0.573 e. The van der Waals surface area contributed by atoms with E-state index >= 15 is 0 Å². The molecule has 0 unspecified atom stereocenters. The van der Waals surface area contributed by atoms with Crippen molar-refractivity contribution in [3.05, 3.63) is 24.3 Å². The smallest absolute Gasteiger partial charge is 0.406 e. The van der Waals surface area contributed by atoms with Crippen molar-refractivity contribution in [1.29, 1.82) is 0 Å². The topological polar surface area (TPSA) is 52.6 Å². The Morgan fingerprint density at radius 3 is 1.83 bits per heavy atom. The van der Waals surface area contributed by atoms with Crippen molar-refractivity contribution >= 4 is 10.1 Å². The van der Waals surface area contributed by atoms with Crippen molar-refractivity contribution in [2.24, 2.45) is 0 Å². The van der Waals surface area contributed by atoms with Crippen molar-refractivity contribution in [3.63, 3.8) is 0 Å². The van der Waals surface area contributed by atoms with Gasteiger partial charge in [-0.25, -0.2) is 0 Å². The Labute approximate surface area is 103 Å². The highest BCUT2D eigenvalue weighted by Gasteiger charge is 2.31. The van der Waals surface area contributed by atoms with Gasteiger partial charge >= 0.3 is 6.36 Å². The highest BCUT2D eigenvalue weighted by Crippen LogP contribution is 2.24. The van der Waals surface area contributed by atoms with E-state index in [1.165, 1.54) is 0 Å². The van der Waals surface area contributed by atoms with E-state index in [0.717, 1.165) is 31.4 Å². The van der Waals surface area contributed by atoms with E-state index in [-0.39, 0.29) is 4.90 Å². The summed E-state index contributed by atoms with van der Waals surface area (Å²) in [5.41, 5.74) is 0. The molecule has 104 valence electrons. The zero-order valence-electron chi connectivity index (χ0n) is 9.98. The average molecular weight is 286 g/mol. The molecule has 1 aromatic rings. The Morgan fingerprint density at radius 1 is 1.06 bits per heavy atom. The van der Waals surface area contributed by atoms with Gasteiger partial charge in [-0.2, -0.15) is 8.42 Å². The van der Waals surface area contributed by atoms with Crippen molar-refractivity contribution in [1.82, 2.24) is 0 Å². The van der Waals surface area contributed by atoms with Gasteiger partial charge in [0.15, 0.2) is 0 Å². The van der Waals surface area contributed by atoms with E-state index in [1.54, 1.807) is 0 Å². The summed E-state index contributed by atoms with van der Waals surface area (Å²) in [6, 6.07) is 3.69. The minimum absolute atomic E-state index is 0.246. The van der Waals surface area contributed by atoms with E-state index < -0.39 is 22.2 Å². The number of rotatable bonds is 3. The molecule has 4 nitrogen and oxygen atoms in total. The first-order valence-electron chi connectivity index (χ1n) is 4.91. The van der Waals surface area contributed by atoms with Gasteiger partial charge in [-0.05, 0) is 24.3 Å². The Morgan fingerprint density at radius 2 is 1.50 bits per heavy atom. The normalized spacial score (nSPS) is 11.4. The summed E-state index contributed by atoms with van der Waals surface area (Å²) in [5, 5.41) is 0. The Bertz CT molecular complexity index is 451. The molecule has 0 heterocycles. The minimum atomic E-state index is -4.80. The van der Waals surface area contributed by atoms with Crippen LogP contribution in [0.4, 0.5) is 13.2 Å². The molecule has 0 bridgehead atoms. The molecule has 0 aromatic heterocycles. The van der Waals surface area contributed by atoms with Crippen LogP contribution < -0.4 is 4.74 Å². The van der Waals surface area contributed by atoms with Gasteiger partial charge in [-0.1, -0.05) is 13.8 Å². The van der Waals surface area contributed by atoms with Crippen LogP contribution in [0, 0.1) is 0 Å². The third-order valence-electron chi connectivity index (χ3n) is 1.57. The number of alkyl halides is 3. The fourth-order valence-electron chi connectivity index (χ4n) is 0.904. The Hall–Kier alpha value is -1.28. The Balaban J connectivity index is 0.00000137. The van der Waals surface area contributed by atoms with Crippen molar-refractivity contribution in [2.75, 3.05) is 7.11 Å². The molecule has 0 radical (unpaired) electrons. The van der Waals surface area contributed by atoms with Crippen LogP contribution in [-0.4, -0.2) is 21.9 Å². The van der Waals surface area contributed by atoms with E-state index in [0.29, 0.717) is 0 Å². The van der Waals surface area contributed by atoms with Crippen LogP contribution >= 0.6 is 0 Å². The fourth-order valence-corrected chi connectivity index (χ4v) is 1.57. The first kappa shape index (κ1) is 16.7. The maximum absolute atomic E-state index is 11.8. The van der Waals surface area contributed by atoms with Crippen LogP contribution in [0.15, 0.2) is 29.2 Å². The largest absolute Gasteiger partial charge is 0.573 e. The first-order valence-corrected chi connectivity index (χ1v) is 6.32. The van der Waals surface area contributed by atoms with E-state index in [1.807, 2.05) is 13.8 Å². The molecule has 0 amide bonds. The summed E-state index contributed by atoms with van der Waals surface area (Å²) in [6.45, 7) is 4.00. The molecule has 0 aliphatic heterocycles. The second-order valence-electron chi connectivity index (χ2n) is 2.64. The zero-order chi connectivity index (χ0) is 14.4. The summed E-state index contributed by atoms with van der Waals surface area (Å²) >= 11 is 0. The lowest BCUT2D eigenvalue weighted by Gasteiger charge is -2.08. The summed E-state index contributed by atoms with van der Waals surface area (Å²) < 4.78 is 65.3. The molecule has 0 spiro atoms. The molecule has 0 aliphatic rings. The fraction of sp³-hybridized carbons (Fsp3) is 0.400. The van der Waals surface area contributed by atoms with Gasteiger partial charge in [0.05, 0.1) is 12.0 Å². The highest BCUT2D eigenvalue weighted by atomic mass is 32.2. The molecule has 1 rings (SSSR count). The van der Waals surface area contributed by atoms with Crippen LogP contribution in [0.1, 0.15) is 13.8 Å². The van der Waals surface area contributed by atoms with Crippen LogP contribution in [0.5, 0.6) is 5.75 Å². The number of benzene rings is 1. The second kappa shape index (κ2) is 6.60.